The molecule has 0 saturated heterocycles. The van der Waals surface area contributed by atoms with Crippen molar-refractivity contribution in [2.45, 2.75) is 19.9 Å². The maximum atomic E-state index is 12.6. The molecule has 2 heterocycles. The topological polar surface area (TPSA) is 104 Å². The van der Waals surface area contributed by atoms with Crippen molar-refractivity contribution in [1.29, 1.82) is 0 Å². The number of nitrogens with one attached hydrogen (secondary N) is 2. The van der Waals surface area contributed by atoms with Crippen LogP contribution in [0.2, 0.25) is 0 Å². The van der Waals surface area contributed by atoms with Crippen LogP contribution in [0.25, 0.3) is 0 Å². The minimum atomic E-state index is -0.926. The number of amides is 3. The zero-order chi connectivity index (χ0) is 18.0. The van der Waals surface area contributed by atoms with Crippen LogP contribution >= 0.6 is 11.3 Å². The highest BCUT2D eigenvalue weighted by Crippen LogP contribution is 2.31. The molecule has 0 spiro atoms. The molecule has 25 heavy (non-hydrogen) atoms. The first-order valence-corrected chi connectivity index (χ1v) is 8.25. The summed E-state index contributed by atoms with van der Waals surface area (Å²) in [5, 5.41) is 11.1. The summed E-state index contributed by atoms with van der Waals surface area (Å²) in [5.74, 6) is -0.713. The summed E-state index contributed by atoms with van der Waals surface area (Å²) in [6.07, 6.45) is 1.46. The predicted molar refractivity (Wildman–Crippen MR) is 92.8 cm³/mol. The summed E-state index contributed by atoms with van der Waals surface area (Å²) < 4.78 is 0. The minimum absolute atomic E-state index is 0.262. The lowest BCUT2D eigenvalue weighted by atomic mass is 10.1. The normalized spacial score (nSPS) is 16.9. The Labute approximate surface area is 147 Å². The van der Waals surface area contributed by atoms with Gasteiger partial charge in [0, 0.05) is 25.6 Å². The van der Waals surface area contributed by atoms with Gasteiger partial charge in [-0.3, -0.25) is 14.4 Å². The molecule has 1 aliphatic heterocycles. The maximum Gasteiger partial charge on any atom is 0.256 e. The van der Waals surface area contributed by atoms with Crippen LogP contribution in [0, 0.1) is 0 Å². The number of aromatic nitrogens is 1. The zero-order valence-corrected chi connectivity index (χ0v) is 14.3. The standard InChI is InChI=1S/C16H15N5O3S/c1-9(22)18-16-17-8-12(25-16)13-15(24)19-14(20-21(13)10(2)23)11-6-4-3-5-7-11/h3-8,13H,1-2H3,(H,17,18,22)(H,19,20,24). The van der Waals surface area contributed by atoms with Gasteiger partial charge in [-0.1, -0.05) is 41.7 Å². The molecule has 1 atom stereocenters. The number of rotatable bonds is 3. The van der Waals surface area contributed by atoms with Crippen LogP contribution in [-0.4, -0.2) is 33.6 Å². The third kappa shape index (κ3) is 3.56. The largest absolute Gasteiger partial charge is 0.307 e. The molecule has 0 aliphatic carbocycles. The SMILES string of the molecule is CC(=O)Nc1ncc(C2C(=O)NC(c3ccccc3)=NN2C(C)=O)s1. The Hall–Kier alpha value is -3.07. The van der Waals surface area contributed by atoms with Crippen molar-refractivity contribution in [3.63, 3.8) is 0 Å². The Morgan fingerprint density at radius 3 is 2.60 bits per heavy atom. The van der Waals surface area contributed by atoms with Crippen LogP contribution < -0.4 is 10.6 Å². The van der Waals surface area contributed by atoms with E-state index in [1.54, 1.807) is 12.1 Å². The number of anilines is 1. The summed E-state index contributed by atoms with van der Waals surface area (Å²) in [5.41, 5.74) is 0.698. The molecule has 0 saturated carbocycles. The molecule has 2 N–H and O–H groups in total. The third-order valence-corrected chi connectivity index (χ3v) is 4.35. The maximum absolute atomic E-state index is 12.6. The smallest absolute Gasteiger partial charge is 0.256 e. The second-order valence-electron chi connectivity index (χ2n) is 5.32. The number of hydrogen-bond acceptors (Lipinski definition) is 6. The summed E-state index contributed by atoms with van der Waals surface area (Å²) in [7, 11) is 0. The molecule has 3 rings (SSSR count). The van der Waals surface area contributed by atoms with Crippen molar-refractivity contribution >= 4 is 40.0 Å². The molecule has 1 aliphatic rings. The number of hydrogen-bond donors (Lipinski definition) is 2. The van der Waals surface area contributed by atoms with E-state index in [9.17, 15) is 14.4 Å². The van der Waals surface area contributed by atoms with E-state index in [2.05, 4.69) is 20.7 Å². The minimum Gasteiger partial charge on any atom is -0.307 e. The van der Waals surface area contributed by atoms with Crippen molar-refractivity contribution in [2.24, 2.45) is 5.10 Å². The zero-order valence-electron chi connectivity index (χ0n) is 13.5. The number of nitrogens with zero attached hydrogens (tertiary/aromatic N) is 3. The molecule has 8 nitrogen and oxygen atoms in total. The fourth-order valence-corrected chi connectivity index (χ4v) is 3.28. The van der Waals surface area contributed by atoms with Crippen LogP contribution in [0.3, 0.4) is 0 Å². The van der Waals surface area contributed by atoms with Crippen LogP contribution in [-0.2, 0) is 14.4 Å². The lowest BCUT2D eigenvalue weighted by Crippen LogP contribution is -2.48. The monoisotopic (exact) mass is 357 g/mol. The quantitative estimate of drug-likeness (QED) is 0.868. The highest BCUT2D eigenvalue weighted by Gasteiger charge is 2.36. The van der Waals surface area contributed by atoms with Crippen LogP contribution in [0.5, 0.6) is 0 Å². The molecule has 9 heteroatoms. The van der Waals surface area contributed by atoms with Gasteiger partial charge in [-0.05, 0) is 0 Å². The van der Waals surface area contributed by atoms with Gasteiger partial charge < -0.3 is 10.6 Å². The highest BCUT2D eigenvalue weighted by molar-refractivity contribution is 7.15. The number of amidine groups is 1. The third-order valence-electron chi connectivity index (χ3n) is 3.39. The van der Waals surface area contributed by atoms with Gasteiger partial charge in [0.25, 0.3) is 5.91 Å². The highest BCUT2D eigenvalue weighted by atomic mass is 32.1. The van der Waals surface area contributed by atoms with Gasteiger partial charge in [0.2, 0.25) is 11.8 Å². The number of benzene rings is 1. The average Bonchev–Trinajstić information content (AvgIpc) is 3.02. The molecule has 0 radical (unpaired) electrons. The summed E-state index contributed by atoms with van der Waals surface area (Å²) in [6.45, 7) is 2.71. The van der Waals surface area contributed by atoms with Crippen LogP contribution in [0.1, 0.15) is 30.3 Å². The molecular weight excluding hydrogens is 342 g/mol. The van der Waals surface area contributed by atoms with Gasteiger partial charge in [-0.2, -0.15) is 5.10 Å². The molecule has 1 aromatic heterocycles. The van der Waals surface area contributed by atoms with E-state index in [1.807, 2.05) is 18.2 Å². The summed E-state index contributed by atoms with van der Waals surface area (Å²) >= 11 is 1.12. The van der Waals surface area contributed by atoms with Crippen molar-refractivity contribution in [2.75, 3.05) is 5.32 Å². The van der Waals surface area contributed by atoms with Gasteiger partial charge >= 0.3 is 0 Å². The molecule has 1 aromatic carbocycles. The first-order chi connectivity index (χ1) is 12.0. The Morgan fingerprint density at radius 1 is 1.24 bits per heavy atom. The van der Waals surface area contributed by atoms with E-state index < -0.39 is 6.04 Å². The number of hydrazone groups is 1. The molecule has 128 valence electrons. The van der Waals surface area contributed by atoms with Crippen molar-refractivity contribution in [3.05, 3.63) is 47.0 Å². The average molecular weight is 357 g/mol. The van der Waals surface area contributed by atoms with Gasteiger partial charge in [0.15, 0.2) is 17.0 Å². The Morgan fingerprint density at radius 2 is 1.96 bits per heavy atom. The van der Waals surface area contributed by atoms with Crippen molar-refractivity contribution in [3.8, 4) is 0 Å². The lowest BCUT2D eigenvalue weighted by Gasteiger charge is -2.30. The molecular formula is C16H15N5O3S. The number of carbonyl (C=O) groups is 3. The van der Waals surface area contributed by atoms with E-state index in [-0.39, 0.29) is 17.7 Å². The molecule has 0 bridgehead atoms. The van der Waals surface area contributed by atoms with E-state index in [4.69, 9.17) is 0 Å². The van der Waals surface area contributed by atoms with Gasteiger partial charge in [0.1, 0.15) is 0 Å². The number of thiazole rings is 1. The Balaban J connectivity index is 1.96. The second-order valence-corrected chi connectivity index (χ2v) is 6.38. The first kappa shape index (κ1) is 16.8. The Kier molecular flexibility index (Phi) is 4.57. The Bertz CT molecular complexity index is 862. The number of carbonyl (C=O) groups excluding carboxylic acids is 3. The second kappa shape index (κ2) is 6.81. The molecule has 0 fully saturated rings. The summed E-state index contributed by atoms with van der Waals surface area (Å²) in [4.78, 5) is 40.4. The van der Waals surface area contributed by atoms with Gasteiger partial charge in [0.05, 0.1) is 4.88 Å². The van der Waals surface area contributed by atoms with Gasteiger partial charge in [-0.25, -0.2) is 9.99 Å². The fourth-order valence-electron chi connectivity index (χ4n) is 2.34. The van der Waals surface area contributed by atoms with Crippen LogP contribution in [0.15, 0.2) is 41.6 Å². The molecule has 1 unspecified atom stereocenters. The van der Waals surface area contributed by atoms with Crippen molar-refractivity contribution < 1.29 is 14.4 Å². The fraction of sp³-hybridized carbons (Fsp3) is 0.188. The van der Waals surface area contributed by atoms with E-state index in [0.717, 1.165) is 16.3 Å². The first-order valence-electron chi connectivity index (χ1n) is 7.43. The van der Waals surface area contributed by atoms with Crippen LogP contribution in [0.4, 0.5) is 5.13 Å². The lowest BCUT2D eigenvalue weighted by molar-refractivity contribution is -0.139. The predicted octanol–water partition coefficient (Wildman–Crippen LogP) is 1.48. The molecule has 3 amide bonds. The summed E-state index contributed by atoms with van der Waals surface area (Å²) in [6, 6.07) is 8.14. The van der Waals surface area contributed by atoms with E-state index >= 15 is 0 Å². The van der Waals surface area contributed by atoms with Gasteiger partial charge in [-0.15, -0.1) is 0 Å². The van der Waals surface area contributed by atoms with Crippen molar-refractivity contribution in [1.82, 2.24) is 15.3 Å². The van der Waals surface area contributed by atoms with E-state index in [1.165, 1.54) is 20.0 Å². The molecule has 2 aromatic rings. The van der Waals surface area contributed by atoms with E-state index in [0.29, 0.717) is 21.4 Å².